The molecule has 3 aliphatic rings. The lowest BCUT2D eigenvalue weighted by Gasteiger charge is -2.31. The number of esters is 1. The molecule has 9 heteroatoms. The minimum absolute atomic E-state index is 0.106. The fraction of sp³-hybridized carbons (Fsp3) is 0.483. The van der Waals surface area contributed by atoms with Crippen molar-refractivity contribution in [2.24, 2.45) is 0 Å². The fourth-order valence-electron chi connectivity index (χ4n) is 5.82. The molecule has 1 N–H and O–H groups in total. The van der Waals surface area contributed by atoms with E-state index in [2.05, 4.69) is 25.7 Å². The summed E-state index contributed by atoms with van der Waals surface area (Å²) in [5.41, 5.74) is 2.67. The van der Waals surface area contributed by atoms with Crippen LogP contribution >= 0.6 is 0 Å². The van der Waals surface area contributed by atoms with Gasteiger partial charge in [-0.2, -0.15) is 0 Å². The van der Waals surface area contributed by atoms with E-state index >= 15 is 0 Å². The third-order valence-corrected chi connectivity index (χ3v) is 8.19. The van der Waals surface area contributed by atoms with Gasteiger partial charge in [0.2, 0.25) is 6.79 Å². The molecule has 0 spiro atoms. The van der Waals surface area contributed by atoms with Gasteiger partial charge in [0.05, 0.1) is 29.0 Å². The number of carbonyl (C=O) groups is 1. The van der Waals surface area contributed by atoms with Crippen LogP contribution in [0.15, 0.2) is 23.0 Å². The zero-order valence-electron chi connectivity index (χ0n) is 22.3. The Labute approximate surface area is 220 Å². The molecule has 3 aromatic rings. The number of rotatable bonds is 7. The van der Waals surface area contributed by atoms with Crippen LogP contribution in [0.4, 0.5) is 0 Å². The first kappa shape index (κ1) is 24.9. The summed E-state index contributed by atoms with van der Waals surface area (Å²) in [6, 6.07) is 5.99. The van der Waals surface area contributed by atoms with Gasteiger partial charge in [0, 0.05) is 35.2 Å². The molecule has 1 aromatic carbocycles. The smallest absolute Gasteiger partial charge is 0.343 e. The number of hydrogen-bond acceptors (Lipinski definition) is 8. The van der Waals surface area contributed by atoms with Gasteiger partial charge in [-0.1, -0.05) is 20.3 Å². The molecule has 6 rings (SSSR count). The molecule has 0 saturated heterocycles. The van der Waals surface area contributed by atoms with Crippen LogP contribution in [0.3, 0.4) is 0 Å². The first-order chi connectivity index (χ1) is 18.3. The molecular weight excluding hydrogens is 486 g/mol. The normalized spacial score (nSPS) is 19.2. The van der Waals surface area contributed by atoms with E-state index in [1.54, 1.807) is 17.6 Å². The summed E-state index contributed by atoms with van der Waals surface area (Å²) in [6.45, 7) is 10.3. The van der Waals surface area contributed by atoms with Crippen LogP contribution < -0.4 is 15.0 Å². The molecule has 9 nitrogen and oxygen atoms in total. The van der Waals surface area contributed by atoms with E-state index < -0.39 is 11.6 Å². The Hall–Kier alpha value is -3.43. The lowest BCUT2D eigenvalue weighted by atomic mass is 9.86. The largest absolute Gasteiger partial charge is 0.458 e. The van der Waals surface area contributed by atoms with Crippen molar-refractivity contribution < 1.29 is 24.1 Å². The van der Waals surface area contributed by atoms with Gasteiger partial charge in [-0.25, -0.2) is 9.78 Å². The molecule has 0 amide bonds. The molecule has 0 radical (unpaired) electrons. The number of pyridine rings is 2. The van der Waals surface area contributed by atoms with Gasteiger partial charge in [-0.05, 0) is 50.9 Å². The average Bonchev–Trinajstić information content (AvgIpc) is 3.51. The van der Waals surface area contributed by atoms with Gasteiger partial charge in [-0.3, -0.25) is 9.69 Å². The average molecular weight is 520 g/mol. The van der Waals surface area contributed by atoms with E-state index in [0.717, 1.165) is 41.4 Å². The summed E-state index contributed by atoms with van der Waals surface area (Å²) in [5.74, 6) is 0.613. The molecule has 0 fully saturated rings. The van der Waals surface area contributed by atoms with Gasteiger partial charge in [0.15, 0.2) is 17.1 Å². The summed E-state index contributed by atoms with van der Waals surface area (Å²) in [7, 11) is 0. The van der Waals surface area contributed by atoms with Crippen LogP contribution in [0.1, 0.15) is 69.2 Å². The summed E-state index contributed by atoms with van der Waals surface area (Å²) in [4.78, 5) is 33.7. The maximum absolute atomic E-state index is 13.7. The molecule has 0 saturated carbocycles. The molecule has 2 aromatic heterocycles. The molecule has 3 aliphatic heterocycles. The number of benzene rings is 1. The number of fused-ring (bicyclic) bond motifs is 6. The first-order valence-corrected chi connectivity index (χ1v) is 13.4. The molecule has 1 atom stereocenters. The Kier molecular flexibility index (Phi) is 5.96. The quantitative estimate of drug-likeness (QED) is 0.368. The number of nitrogens with zero attached hydrogens (tertiary/aromatic N) is 3. The molecule has 200 valence electrons. The van der Waals surface area contributed by atoms with Crippen molar-refractivity contribution in [3.8, 4) is 22.9 Å². The minimum atomic E-state index is -1.86. The molecule has 0 aliphatic carbocycles. The van der Waals surface area contributed by atoms with Gasteiger partial charge < -0.3 is 23.9 Å². The van der Waals surface area contributed by atoms with Crippen LogP contribution in [-0.4, -0.2) is 44.9 Å². The van der Waals surface area contributed by atoms with Crippen molar-refractivity contribution in [2.45, 2.75) is 78.3 Å². The second-order valence-corrected chi connectivity index (χ2v) is 10.7. The van der Waals surface area contributed by atoms with Crippen molar-refractivity contribution in [1.82, 2.24) is 14.5 Å². The predicted molar refractivity (Wildman–Crippen MR) is 141 cm³/mol. The highest BCUT2D eigenvalue weighted by molar-refractivity contribution is 5.91. The van der Waals surface area contributed by atoms with Gasteiger partial charge in [-0.15, -0.1) is 0 Å². The summed E-state index contributed by atoms with van der Waals surface area (Å²) >= 11 is 0. The van der Waals surface area contributed by atoms with Crippen LogP contribution in [-0.2, 0) is 34.8 Å². The minimum Gasteiger partial charge on any atom is -0.458 e. The van der Waals surface area contributed by atoms with E-state index in [1.807, 2.05) is 12.1 Å². The van der Waals surface area contributed by atoms with Crippen molar-refractivity contribution in [1.29, 1.82) is 0 Å². The predicted octanol–water partition coefficient (Wildman–Crippen LogP) is 3.82. The lowest BCUT2D eigenvalue weighted by Crippen LogP contribution is -2.44. The summed E-state index contributed by atoms with van der Waals surface area (Å²) < 4.78 is 18.3. The van der Waals surface area contributed by atoms with Crippen LogP contribution in [0, 0.1) is 0 Å². The number of hydrogen-bond donors (Lipinski definition) is 1. The number of aromatic nitrogens is 2. The molecule has 0 unspecified atom stereocenters. The van der Waals surface area contributed by atoms with Crippen LogP contribution in [0.2, 0.25) is 0 Å². The van der Waals surface area contributed by atoms with E-state index in [1.165, 1.54) is 0 Å². The SMILES string of the molecule is CCCCN(Cc1c2c(nc3cc4c(cc13)OCO4)-c1cc3c(c(=O)n1C2)COC(=O)[C@]3(O)CC)C(C)C. The Morgan fingerprint density at radius 2 is 1.87 bits per heavy atom. The van der Waals surface area contributed by atoms with E-state index in [0.29, 0.717) is 53.1 Å². The Morgan fingerprint density at radius 3 is 2.58 bits per heavy atom. The number of unbranched alkanes of at least 4 members (excludes halogenated alkanes) is 1. The van der Waals surface area contributed by atoms with E-state index in [-0.39, 0.29) is 25.4 Å². The standard InChI is InChI=1S/C29H33N3O6/c1-5-7-8-31(16(3)4)12-18-17-9-24-25(38-15-37-24)11-22(17)30-26-19(18)13-32-23(26)10-21-20(27(32)33)14-36-28(34)29(21,35)6-2/h9-11,16,35H,5-8,12-15H2,1-4H3/t29-/m0/s1. The zero-order valence-corrected chi connectivity index (χ0v) is 22.3. The highest BCUT2D eigenvalue weighted by Gasteiger charge is 2.45. The van der Waals surface area contributed by atoms with Crippen molar-refractivity contribution in [2.75, 3.05) is 13.3 Å². The Balaban J connectivity index is 1.59. The molecule has 38 heavy (non-hydrogen) atoms. The first-order valence-electron chi connectivity index (χ1n) is 13.4. The number of carbonyl (C=O) groups excluding carboxylic acids is 1. The van der Waals surface area contributed by atoms with E-state index in [9.17, 15) is 14.7 Å². The Bertz CT molecular complexity index is 1530. The molecule has 0 bridgehead atoms. The lowest BCUT2D eigenvalue weighted by molar-refractivity contribution is -0.172. The monoisotopic (exact) mass is 519 g/mol. The van der Waals surface area contributed by atoms with Crippen molar-refractivity contribution in [3.63, 3.8) is 0 Å². The molecule has 5 heterocycles. The maximum Gasteiger partial charge on any atom is 0.343 e. The maximum atomic E-state index is 13.7. The topological polar surface area (TPSA) is 103 Å². The van der Waals surface area contributed by atoms with Crippen molar-refractivity contribution in [3.05, 3.63) is 50.8 Å². The zero-order chi connectivity index (χ0) is 26.8. The Morgan fingerprint density at radius 1 is 1.11 bits per heavy atom. The van der Waals surface area contributed by atoms with Crippen LogP contribution in [0.5, 0.6) is 11.5 Å². The summed E-state index contributed by atoms with van der Waals surface area (Å²) in [6.07, 6.45) is 2.30. The molecular formula is C29H33N3O6. The highest BCUT2D eigenvalue weighted by Crippen LogP contribution is 2.43. The highest BCUT2D eigenvalue weighted by atomic mass is 16.7. The van der Waals surface area contributed by atoms with Gasteiger partial charge >= 0.3 is 5.97 Å². The van der Waals surface area contributed by atoms with Crippen molar-refractivity contribution >= 4 is 16.9 Å². The second-order valence-electron chi connectivity index (χ2n) is 10.7. The van der Waals surface area contributed by atoms with E-state index in [4.69, 9.17) is 19.2 Å². The number of cyclic esters (lactones) is 1. The number of ether oxygens (including phenoxy) is 3. The third kappa shape index (κ3) is 3.63. The third-order valence-electron chi connectivity index (χ3n) is 8.19. The fourth-order valence-corrected chi connectivity index (χ4v) is 5.82. The summed E-state index contributed by atoms with van der Waals surface area (Å²) in [5, 5.41) is 12.2. The number of aliphatic hydroxyl groups is 1. The van der Waals surface area contributed by atoms with Gasteiger partial charge in [0.25, 0.3) is 5.56 Å². The van der Waals surface area contributed by atoms with Crippen LogP contribution in [0.25, 0.3) is 22.3 Å². The van der Waals surface area contributed by atoms with Gasteiger partial charge in [0.1, 0.15) is 6.61 Å². The second kappa shape index (κ2) is 9.10.